The third kappa shape index (κ3) is 3.80. The lowest BCUT2D eigenvalue weighted by atomic mass is 10.1. The molecule has 98 valence electrons. The van der Waals surface area contributed by atoms with E-state index in [1.165, 1.54) is 12.1 Å². The quantitative estimate of drug-likeness (QED) is 0.601. The highest BCUT2D eigenvalue weighted by molar-refractivity contribution is 5.85. The third-order valence-electron chi connectivity index (χ3n) is 2.58. The molecule has 0 aliphatic rings. The number of ether oxygens (including phenoxy) is 1. The number of hydrogen-bond donors (Lipinski definition) is 2. The normalized spacial score (nSPS) is 10.8. The summed E-state index contributed by atoms with van der Waals surface area (Å²) < 4.78 is 5.52. The molecule has 1 aromatic carbocycles. The molecule has 2 N–H and O–H groups in total. The van der Waals surface area contributed by atoms with Gasteiger partial charge < -0.3 is 14.9 Å². The Bertz CT molecular complexity index is 449. The van der Waals surface area contributed by atoms with Crippen molar-refractivity contribution in [3.8, 4) is 11.5 Å². The number of unbranched alkanes of at least 4 members (excludes halogenated alkanes) is 1. The van der Waals surface area contributed by atoms with Gasteiger partial charge in [-0.05, 0) is 31.1 Å². The minimum atomic E-state index is -1.00. The molecular formula is C14H18O4. The zero-order chi connectivity index (χ0) is 13.5. The second-order valence-corrected chi connectivity index (χ2v) is 4.00. The molecule has 0 aromatic heterocycles. The largest absolute Gasteiger partial charge is 0.504 e. The predicted molar refractivity (Wildman–Crippen MR) is 69.9 cm³/mol. The van der Waals surface area contributed by atoms with Gasteiger partial charge in [-0.25, -0.2) is 4.79 Å². The first-order valence-electron chi connectivity index (χ1n) is 5.92. The van der Waals surface area contributed by atoms with Crippen LogP contribution >= 0.6 is 0 Å². The van der Waals surface area contributed by atoms with Crippen molar-refractivity contribution in [2.45, 2.75) is 26.7 Å². The Morgan fingerprint density at radius 3 is 2.78 bits per heavy atom. The molecule has 0 atom stereocenters. The number of aromatic hydroxyl groups is 1. The maximum atomic E-state index is 10.5. The van der Waals surface area contributed by atoms with Gasteiger partial charge in [-0.3, -0.25) is 0 Å². The second-order valence-electron chi connectivity index (χ2n) is 4.00. The van der Waals surface area contributed by atoms with E-state index in [1.54, 1.807) is 13.0 Å². The zero-order valence-corrected chi connectivity index (χ0v) is 10.6. The first-order valence-corrected chi connectivity index (χ1v) is 5.92. The van der Waals surface area contributed by atoms with Crippen LogP contribution in [0.1, 0.15) is 30.9 Å². The number of carbonyl (C=O) groups is 1. The Labute approximate surface area is 107 Å². The average molecular weight is 250 g/mol. The molecular weight excluding hydrogens is 232 g/mol. The van der Waals surface area contributed by atoms with Gasteiger partial charge in [0.05, 0.1) is 6.61 Å². The summed E-state index contributed by atoms with van der Waals surface area (Å²) in [4.78, 5) is 10.5. The van der Waals surface area contributed by atoms with Crippen LogP contribution in [-0.4, -0.2) is 22.8 Å². The molecule has 0 amide bonds. The maximum absolute atomic E-state index is 10.5. The van der Waals surface area contributed by atoms with Crippen LogP contribution in [0.25, 0.3) is 6.08 Å². The Kier molecular flexibility index (Phi) is 5.24. The first kappa shape index (κ1) is 14.1. The van der Waals surface area contributed by atoms with Crippen LogP contribution in [0.5, 0.6) is 11.5 Å². The van der Waals surface area contributed by atoms with Gasteiger partial charge in [0.15, 0.2) is 11.5 Å². The molecule has 4 heteroatoms. The van der Waals surface area contributed by atoms with Gasteiger partial charge in [-0.1, -0.05) is 19.4 Å². The van der Waals surface area contributed by atoms with E-state index in [0.29, 0.717) is 12.4 Å². The minimum absolute atomic E-state index is 0.0797. The topological polar surface area (TPSA) is 66.8 Å². The lowest BCUT2D eigenvalue weighted by Gasteiger charge is -2.12. The fraction of sp³-hybridized carbons (Fsp3) is 0.357. The molecule has 0 bridgehead atoms. The van der Waals surface area contributed by atoms with Crippen LogP contribution in [0.4, 0.5) is 0 Å². The summed E-state index contributed by atoms with van der Waals surface area (Å²) in [6, 6.07) is 3.17. The van der Waals surface area contributed by atoms with Crippen molar-refractivity contribution in [1.82, 2.24) is 0 Å². The van der Waals surface area contributed by atoms with Gasteiger partial charge in [0, 0.05) is 11.6 Å². The molecule has 0 saturated heterocycles. The van der Waals surface area contributed by atoms with E-state index in [0.717, 1.165) is 30.0 Å². The smallest absolute Gasteiger partial charge is 0.328 e. The summed E-state index contributed by atoms with van der Waals surface area (Å²) in [5.74, 6) is -0.497. The number of benzene rings is 1. The number of carboxylic acid groups (broad SMARTS) is 1. The highest BCUT2D eigenvalue weighted by Gasteiger charge is 2.09. The van der Waals surface area contributed by atoms with Crippen LogP contribution in [0.2, 0.25) is 0 Å². The lowest BCUT2D eigenvalue weighted by molar-refractivity contribution is -0.131. The third-order valence-corrected chi connectivity index (χ3v) is 2.58. The van der Waals surface area contributed by atoms with Gasteiger partial charge in [-0.2, -0.15) is 0 Å². The zero-order valence-electron chi connectivity index (χ0n) is 10.6. The lowest BCUT2D eigenvalue weighted by Crippen LogP contribution is -1.99. The van der Waals surface area contributed by atoms with E-state index in [-0.39, 0.29) is 5.75 Å². The molecule has 0 heterocycles. The van der Waals surface area contributed by atoms with E-state index in [2.05, 4.69) is 6.92 Å². The highest BCUT2D eigenvalue weighted by Crippen LogP contribution is 2.32. The molecule has 0 aliphatic carbocycles. The molecule has 0 saturated carbocycles. The van der Waals surface area contributed by atoms with Crippen molar-refractivity contribution < 1.29 is 19.7 Å². The molecule has 1 aromatic rings. The number of hydrogen-bond acceptors (Lipinski definition) is 3. The van der Waals surface area contributed by atoms with Crippen LogP contribution in [-0.2, 0) is 4.79 Å². The van der Waals surface area contributed by atoms with Gasteiger partial charge in [0.25, 0.3) is 0 Å². The van der Waals surface area contributed by atoms with E-state index in [1.807, 2.05) is 0 Å². The van der Waals surface area contributed by atoms with Gasteiger partial charge in [0.2, 0.25) is 0 Å². The second kappa shape index (κ2) is 6.69. The Morgan fingerprint density at radius 1 is 1.44 bits per heavy atom. The number of phenolic OH excluding ortho intramolecular Hbond substituents is 1. The van der Waals surface area contributed by atoms with E-state index in [4.69, 9.17) is 9.84 Å². The van der Waals surface area contributed by atoms with Crippen LogP contribution < -0.4 is 4.74 Å². The Balaban J connectivity index is 2.95. The van der Waals surface area contributed by atoms with Crippen molar-refractivity contribution in [3.05, 3.63) is 29.3 Å². The molecule has 4 nitrogen and oxygen atoms in total. The summed E-state index contributed by atoms with van der Waals surface area (Å²) in [5, 5.41) is 18.3. The average Bonchev–Trinajstić information content (AvgIpc) is 2.32. The van der Waals surface area contributed by atoms with E-state index < -0.39 is 5.97 Å². The molecule has 1 rings (SSSR count). The van der Waals surface area contributed by atoms with Crippen molar-refractivity contribution >= 4 is 12.0 Å². The standard InChI is InChI=1S/C14H18O4/c1-3-4-9-18-14-10(2)11(5-7-12(14)15)6-8-13(16)17/h5-8,15H,3-4,9H2,1-2H3,(H,16,17). The molecule has 18 heavy (non-hydrogen) atoms. The van der Waals surface area contributed by atoms with E-state index in [9.17, 15) is 9.90 Å². The summed E-state index contributed by atoms with van der Waals surface area (Å²) in [6.07, 6.45) is 4.48. The molecule has 0 aliphatic heterocycles. The fourth-order valence-corrected chi connectivity index (χ4v) is 1.53. The Morgan fingerprint density at radius 2 is 2.17 bits per heavy atom. The number of aliphatic carboxylic acids is 1. The molecule has 0 spiro atoms. The summed E-state index contributed by atoms with van der Waals surface area (Å²) >= 11 is 0. The summed E-state index contributed by atoms with van der Waals surface area (Å²) in [7, 11) is 0. The number of rotatable bonds is 6. The Hall–Kier alpha value is -1.97. The molecule has 0 radical (unpaired) electrons. The van der Waals surface area contributed by atoms with Crippen molar-refractivity contribution in [2.75, 3.05) is 6.61 Å². The van der Waals surface area contributed by atoms with Gasteiger partial charge >= 0.3 is 5.97 Å². The van der Waals surface area contributed by atoms with Crippen molar-refractivity contribution in [2.24, 2.45) is 0 Å². The summed E-state index contributed by atoms with van der Waals surface area (Å²) in [5.41, 5.74) is 1.46. The van der Waals surface area contributed by atoms with E-state index >= 15 is 0 Å². The minimum Gasteiger partial charge on any atom is -0.504 e. The monoisotopic (exact) mass is 250 g/mol. The maximum Gasteiger partial charge on any atom is 0.328 e. The predicted octanol–water partition coefficient (Wildman–Crippen LogP) is 2.98. The van der Waals surface area contributed by atoms with Gasteiger partial charge in [0.1, 0.15) is 0 Å². The molecule has 0 fully saturated rings. The van der Waals surface area contributed by atoms with Gasteiger partial charge in [-0.15, -0.1) is 0 Å². The van der Waals surface area contributed by atoms with Crippen LogP contribution in [0.3, 0.4) is 0 Å². The number of phenols is 1. The fourth-order valence-electron chi connectivity index (χ4n) is 1.53. The SMILES string of the molecule is CCCCOc1c(O)ccc(C=CC(=O)O)c1C. The van der Waals surface area contributed by atoms with Crippen LogP contribution in [0, 0.1) is 6.92 Å². The van der Waals surface area contributed by atoms with Crippen molar-refractivity contribution in [1.29, 1.82) is 0 Å². The van der Waals surface area contributed by atoms with Crippen LogP contribution in [0.15, 0.2) is 18.2 Å². The first-order chi connectivity index (χ1) is 8.56. The highest BCUT2D eigenvalue weighted by atomic mass is 16.5. The van der Waals surface area contributed by atoms with Crippen molar-refractivity contribution in [3.63, 3.8) is 0 Å². The number of carboxylic acids is 1. The molecule has 0 unspecified atom stereocenters. The summed E-state index contributed by atoms with van der Waals surface area (Å²) in [6.45, 7) is 4.39.